The monoisotopic (exact) mass is 485 g/mol. The van der Waals surface area contributed by atoms with E-state index in [0.29, 0.717) is 30.2 Å². The van der Waals surface area contributed by atoms with Crippen LogP contribution in [0.3, 0.4) is 0 Å². The van der Waals surface area contributed by atoms with Crippen molar-refractivity contribution in [2.45, 2.75) is 52.0 Å². The van der Waals surface area contributed by atoms with Crippen molar-refractivity contribution in [3.63, 3.8) is 0 Å². The zero-order valence-corrected chi connectivity index (χ0v) is 20.7. The summed E-state index contributed by atoms with van der Waals surface area (Å²) in [7, 11) is 1.62. The maximum atomic E-state index is 13.7. The van der Waals surface area contributed by atoms with Gasteiger partial charge in [0.2, 0.25) is 11.9 Å². The van der Waals surface area contributed by atoms with Crippen LogP contribution in [0.1, 0.15) is 54.5 Å². The van der Waals surface area contributed by atoms with Crippen molar-refractivity contribution in [2.75, 3.05) is 12.0 Å². The van der Waals surface area contributed by atoms with Crippen molar-refractivity contribution >= 4 is 17.6 Å². The Kier molecular flexibility index (Phi) is 6.84. The van der Waals surface area contributed by atoms with Gasteiger partial charge in [-0.25, -0.2) is 4.98 Å². The van der Waals surface area contributed by atoms with Crippen LogP contribution in [0.2, 0.25) is 0 Å². The number of nitrogens with one attached hydrogen (secondary N) is 1. The molecule has 8 heteroatoms. The summed E-state index contributed by atoms with van der Waals surface area (Å²) in [5.41, 5.74) is 2.99. The third kappa shape index (κ3) is 4.89. The maximum absolute atomic E-state index is 13.7. The number of H-pyrrole nitrogens is 1. The van der Waals surface area contributed by atoms with E-state index in [4.69, 9.17) is 4.74 Å². The summed E-state index contributed by atoms with van der Waals surface area (Å²) in [6.45, 7) is 2.15. The minimum Gasteiger partial charge on any atom is -0.497 e. The Balaban J connectivity index is 1.54. The Morgan fingerprint density at radius 1 is 1.06 bits per heavy atom. The lowest BCUT2D eigenvalue weighted by Crippen LogP contribution is -2.37. The van der Waals surface area contributed by atoms with Crippen molar-refractivity contribution in [3.8, 4) is 5.75 Å². The largest absolute Gasteiger partial charge is 0.497 e. The first-order valence-electron chi connectivity index (χ1n) is 12.5. The Morgan fingerprint density at radius 3 is 2.56 bits per heavy atom. The van der Waals surface area contributed by atoms with Gasteiger partial charge in [0.15, 0.2) is 0 Å². The molecule has 2 aromatic heterocycles. The van der Waals surface area contributed by atoms with Gasteiger partial charge >= 0.3 is 0 Å². The molecule has 1 N–H and O–H groups in total. The normalized spacial score (nSPS) is 14.2. The molecule has 1 aliphatic carbocycles. The number of nitrogens with zero attached hydrogens (tertiary/aromatic N) is 4. The predicted octanol–water partition coefficient (Wildman–Crippen LogP) is 4.44. The van der Waals surface area contributed by atoms with Crippen LogP contribution in [0, 0.1) is 12.8 Å². The highest BCUT2D eigenvalue weighted by molar-refractivity contribution is 5.93. The SMILES string of the molecule is COc1cccc(CN(C(=O)C2CCCCC2)c2nc3nc(C)c(Cc4ccccc4)c(=O)n3[nH]2)c1. The van der Waals surface area contributed by atoms with Gasteiger partial charge in [-0.05, 0) is 43.0 Å². The lowest BCUT2D eigenvalue weighted by atomic mass is 9.88. The van der Waals surface area contributed by atoms with E-state index in [0.717, 1.165) is 49.0 Å². The van der Waals surface area contributed by atoms with Gasteiger partial charge in [-0.3, -0.25) is 19.6 Å². The van der Waals surface area contributed by atoms with Gasteiger partial charge in [0.1, 0.15) is 5.75 Å². The third-order valence-corrected chi connectivity index (χ3v) is 6.96. The fourth-order valence-corrected chi connectivity index (χ4v) is 4.95. The van der Waals surface area contributed by atoms with E-state index < -0.39 is 0 Å². The average molecular weight is 486 g/mol. The van der Waals surface area contributed by atoms with Crippen molar-refractivity contribution in [1.29, 1.82) is 0 Å². The highest BCUT2D eigenvalue weighted by atomic mass is 16.5. The van der Waals surface area contributed by atoms with Crippen LogP contribution in [-0.4, -0.2) is 32.6 Å². The number of methoxy groups -OCH3 is 1. The number of aromatic nitrogens is 4. The summed E-state index contributed by atoms with van der Waals surface area (Å²) in [4.78, 5) is 38.0. The van der Waals surface area contributed by atoms with Crippen LogP contribution < -0.4 is 15.2 Å². The second-order valence-corrected chi connectivity index (χ2v) is 9.44. The fourth-order valence-electron chi connectivity index (χ4n) is 4.95. The number of hydrogen-bond donors (Lipinski definition) is 1. The fraction of sp³-hybridized carbons (Fsp3) is 0.357. The molecular weight excluding hydrogens is 454 g/mol. The van der Waals surface area contributed by atoms with E-state index in [1.54, 1.807) is 12.0 Å². The van der Waals surface area contributed by atoms with Gasteiger partial charge in [0.05, 0.1) is 19.3 Å². The van der Waals surface area contributed by atoms with Gasteiger partial charge in [0.25, 0.3) is 11.3 Å². The van der Waals surface area contributed by atoms with E-state index >= 15 is 0 Å². The minimum absolute atomic E-state index is 0.0193. The second-order valence-electron chi connectivity index (χ2n) is 9.44. The number of hydrogen-bond acceptors (Lipinski definition) is 5. The average Bonchev–Trinajstić information content (AvgIpc) is 3.34. The summed E-state index contributed by atoms with van der Waals surface area (Å²) in [5.74, 6) is 1.27. The molecule has 1 aliphatic rings. The van der Waals surface area contributed by atoms with Crippen molar-refractivity contribution in [1.82, 2.24) is 19.6 Å². The number of carbonyl (C=O) groups excluding carboxylic acids is 1. The molecule has 8 nitrogen and oxygen atoms in total. The number of fused-ring (bicyclic) bond motifs is 1. The molecule has 0 radical (unpaired) electrons. The van der Waals surface area contributed by atoms with Gasteiger partial charge < -0.3 is 4.74 Å². The number of aromatic amines is 1. The summed E-state index contributed by atoms with van der Waals surface area (Å²) >= 11 is 0. The number of anilines is 1. The van der Waals surface area contributed by atoms with Gasteiger partial charge in [-0.1, -0.05) is 61.7 Å². The topological polar surface area (TPSA) is 92.6 Å². The first-order chi connectivity index (χ1) is 17.5. The van der Waals surface area contributed by atoms with E-state index in [1.807, 2.05) is 61.5 Å². The predicted molar refractivity (Wildman–Crippen MR) is 138 cm³/mol. The zero-order chi connectivity index (χ0) is 25.1. The molecule has 36 heavy (non-hydrogen) atoms. The molecule has 1 amide bonds. The van der Waals surface area contributed by atoms with Gasteiger partial charge in [-0.2, -0.15) is 9.50 Å². The molecule has 0 saturated heterocycles. The Morgan fingerprint density at radius 2 is 1.81 bits per heavy atom. The Labute approximate surface area is 209 Å². The van der Waals surface area contributed by atoms with Crippen LogP contribution in [0.4, 0.5) is 5.95 Å². The van der Waals surface area contributed by atoms with Crippen molar-refractivity contribution < 1.29 is 9.53 Å². The summed E-state index contributed by atoms with van der Waals surface area (Å²) in [6, 6.07) is 17.5. The van der Waals surface area contributed by atoms with Gasteiger partial charge in [-0.15, -0.1) is 0 Å². The molecule has 0 aliphatic heterocycles. The van der Waals surface area contributed by atoms with E-state index in [9.17, 15) is 9.59 Å². The molecule has 0 bridgehead atoms. The Bertz CT molecular complexity index is 1420. The maximum Gasteiger partial charge on any atom is 0.277 e. The van der Waals surface area contributed by atoms with E-state index in [2.05, 4.69) is 15.1 Å². The van der Waals surface area contributed by atoms with Crippen LogP contribution in [0.15, 0.2) is 59.4 Å². The molecule has 4 aromatic rings. The second kappa shape index (κ2) is 10.4. The molecule has 0 unspecified atom stereocenters. The smallest absolute Gasteiger partial charge is 0.277 e. The zero-order valence-electron chi connectivity index (χ0n) is 20.7. The van der Waals surface area contributed by atoms with Crippen LogP contribution >= 0.6 is 0 Å². The molecule has 0 atom stereocenters. The Hall–Kier alpha value is -3.94. The quantitative estimate of drug-likeness (QED) is 0.418. The lowest BCUT2D eigenvalue weighted by Gasteiger charge is -2.27. The standard InChI is InChI=1S/C28H31N5O3/c1-19-24(17-20-10-5-3-6-11-20)26(35)33-27(29-19)30-28(31-33)32(25(34)22-13-7-4-8-14-22)18-21-12-9-15-23(16-21)36-2/h3,5-6,9-12,15-16,22H,4,7-8,13-14,17-18H2,1-2H3,(H,29,30,31). The number of amides is 1. The summed E-state index contributed by atoms with van der Waals surface area (Å²) in [6.07, 6.45) is 5.47. The van der Waals surface area contributed by atoms with Crippen LogP contribution in [0.25, 0.3) is 5.78 Å². The minimum atomic E-state index is -0.202. The molecular formula is C28H31N5O3. The highest BCUT2D eigenvalue weighted by Crippen LogP contribution is 2.28. The molecule has 1 fully saturated rings. The highest BCUT2D eigenvalue weighted by Gasteiger charge is 2.29. The number of ether oxygens (including phenoxy) is 1. The number of rotatable bonds is 7. The number of carbonyl (C=O) groups is 1. The number of benzene rings is 2. The molecule has 1 saturated carbocycles. The summed E-state index contributed by atoms with van der Waals surface area (Å²) in [5, 5.41) is 3.09. The van der Waals surface area contributed by atoms with Crippen LogP contribution in [-0.2, 0) is 17.8 Å². The third-order valence-electron chi connectivity index (χ3n) is 6.96. The summed E-state index contributed by atoms with van der Waals surface area (Å²) < 4.78 is 6.73. The van der Waals surface area contributed by atoms with Crippen LogP contribution in [0.5, 0.6) is 5.75 Å². The van der Waals surface area contributed by atoms with Crippen molar-refractivity contribution in [3.05, 3.63) is 87.3 Å². The first kappa shape index (κ1) is 23.8. The molecule has 2 aromatic carbocycles. The van der Waals surface area contributed by atoms with Gasteiger partial charge in [0, 0.05) is 17.9 Å². The molecule has 5 rings (SSSR count). The lowest BCUT2D eigenvalue weighted by molar-refractivity contribution is -0.123. The first-order valence-corrected chi connectivity index (χ1v) is 12.5. The van der Waals surface area contributed by atoms with Crippen molar-refractivity contribution in [2.24, 2.45) is 5.92 Å². The molecule has 186 valence electrons. The van der Waals surface area contributed by atoms with E-state index in [1.165, 1.54) is 4.52 Å². The van der Waals surface area contributed by atoms with E-state index in [-0.39, 0.29) is 23.2 Å². The number of aryl methyl sites for hydroxylation is 1. The molecule has 0 spiro atoms. The molecule has 2 heterocycles.